The van der Waals surface area contributed by atoms with Crippen molar-refractivity contribution < 1.29 is 13.2 Å². The van der Waals surface area contributed by atoms with Gasteiger partial charge in [0.1, 0.15) is 0 Å². The average Bonchev–Trinajstić information content (AvgIpc) is 2.30. The molecule has 0 radical (unpaired) electrons. The van der Waals surface area contributed by atoms with Crippen LogP contribution in [0.3, 0.4) is 0 Å². The van der Waals surface area contributed by atoms with Gasteiger partial charge < -0.3 is 11.1 Å². The van der Waals surface area contributed by atoms with E-state index in [2.05, 4.69) is 5.32 Å². The van der Waals surface area contributed by atoms with Crippen LogP contribution in [-0.2, 0) is 14.6 Å². The van der Waals surface area contributed by atoms with E-state index in [4.69, 9.17) is 5.73 Å². The van der Waals surface area contributed by atoms with Crippen molar-refractivity contribution in [3.8, 4) is 0 Å². The lowest BCUT2D eigenvalue weighted by atomic mass is 10.2. The lowest BCUT2D eigenvalue weighted by molar-refractivity contribution is -0.120. The summed E-state index contributed by atoms with van der Waals surface area (Å²) < 4.78 is 21.9. The Balaban J connectivity index is 2.43. The molecular weight excluding hydrogens is 180 g/mol. The molecule has 1 atom stereocenters. The molecule has 0 saturated carbocycles. The topological polar surface area (TPSA) is 89.3 Å². The van der Waals surface area contributed by atoms with Crippen molar-refractivity contribution in [1.29, 1.82) is 0 Å². The molecule has 0 bridgehead atoms. The predicted molar refractivity (Wildman–Crippen MR) is 44.3 cm³/mol. The molecule has 5 nitrogen and oxygen atoms in total. The van der Waals surface area contributed by atoms with E-state index in [9.17, 15) is 13.2 Å². The van der Waals surface area contributed by atoms with Crippen LogP contribution < -0.4 is 11.1 Å². The van der Waals surface area contributed by atoms with Crippen molar-refractivity contribution in [2.24, 2.45) is 5.73 Å². The molecule has 0 aromatic rings. The quantitative estimate of drug-likeness (QED) is 0.543. The van der Waals surface area contributed by atoms with Gasteiger partial charge in [-0.1, -0.05) is 0 Å². The Hall–Kier alpha value is -0.620. The summed E-state index contributed by atoms with van der Waals surface area (Å²) in [6.07, 6.45) is 0.508. The zero-order valence-electron chi connectivity index (χ0n) is 6.62. The number of carbonyl (C=O) groups excluding carboxylic acids is 1. The molecule has 12 heavy (non-hydrogen) atoms. The molecule has 1 rings (SSSR count). The van der Waals surface area contributed by atoms with Crippen molar-refractivity contribution in [3.63, 3.8) is 0 Å². The summed E-state index contributed by atoms with van der Waals surface area (Å²) >= 11 is 0. The Morgan fingerprint density at radius 3 is 2.67 bits per heavy atom. The second-order valence-electron chi connectivity index (χ2n) is 2.87. The molecule has 1 aliphatic rings. The highest BCUT2D eigenvalue weighted by Gasteiger charge is 2.28. The summed E-state index contributed by atoms with van der Waals surface area (Å²) in [5.74, 6) is -0.0709. The van der Waals surface area contributed by atoms with Crippen LogP contribution in [0.1, 0.15) is 6.42 Å². The summed E-state index contributed by atoms with van der Waals surface area (Å²) in [6, 6.07) is -0.231. The van der Waals surface area contributed by atoms with E-state index in [0.717, 1.165) is 0 Å². The van der Waals surface area contributed by atoms with Crippen LogP contribution in [0.2, 0.25) is 0 Å². The maximum atomic E-state index is 10.9. The van der Waals surface area contributed by atoms with Crippen LogP contribution in [0.15, 0.2) is 0 Å². The normalized spacial score (nSPS) is 26.9. The molecule has 0 aliphatic carbocycles. The summed E-state index contributed by atoms with van der Waals surface area (Å²) in [4.78, 5) is 10.7. The molecule has 6 heteroatoms. The van der Waals surface area contributed by atoms with E-state index in [1.54, 1.807) is 0 Å². The third kappa shape index (κ3) is 2.46. The van der Waals surface area contributed by atoms with E-state index < -0.39 is 9.84 Å². The fraction of sp³-hybridized carbons (Fsp3) is 0.833. The third-order valence-corrected chi connectivity index (χ3v) is 3.55. The van der Waals surface area contributed by atoms with Crippen molar-refractivity contribution in [3.05, 3.63) is 0 Å². The molecule has 0 spiro atoms. The number of amides is 1. The van der Waals surface area contributed by atoms with Gasteiger partial charge in [0.15, 0.2) is 9.84 Å². The zero-order valence-corrected chi connectivity index (χ0v) is 7.43. The smallest absolute Gasteiger partial charge is 0.233 e. The van der Waals surface area contributed by atoms with Gasteiger partial charge in [0.05, 0.1) is 18.1 Å². The van der Waals surface area contributed by atoms with Crippen LogP contribution in [0.25, 0.3) is 0 Å². The van der Waals surface area contributed by atoms with Gasteiger partial charge in [-0.05, 0) is 6.42 Å². The predicted octanol–water partition coefficient (Wildman–Crippen LogP) is -1.75. The van der Waals surface area contributed by atoms with E-state index >= 15 is 0 Å². The molecule has 70 valence electrons. The van der Waals surface area contributed by atoms with Crippen LogP contribution in [-0.4, -0.2) is 38.4 Å². The monoisotopic (exact) mass is 192 g/mol. The molecule has 0 aromatic carbocycles. The van der Waals surface area contributed by atoms with Crippen LogP contribution in [0.5, 0.6) is 0 Å². The molecule has 1 aliphatic heterocycles. The van der Waals surface area contributed by atoms with Gasteiger partial charge in [-0.3, -0.25) is 4.79 Å². The van der Waals surface area contributed by atoms with E-state index in [0.29, 0.717) is 6.42 Å². The minimum Gasteiger partial charge on any atom is -0.351 e. The molecule has 0 unspecified atom stereocenters. The lowest BCUT2D eigenvalue weighted by Gasteiger charge is -2.08. The van der Waals surface area contributed by atoms with Crippen molar-refractivity contribution in [2.45, 2.75) is 12.5 Å². The molecule has 1 fully saturated rings. The molecule has 3 N–H and O–H groups in total. The molecule has 1 saturated heterocycles. The van der Waals surface area contributed by atoms with Crippen molar-refractivity contribution in [2.75, 3.05) is 18.1 Å². The zero-order chi connectivity index (χ0) is 9.19. The Morgan fingerprint density at radius 2 is 2.25 bits per heavy atom. The summed E-state index contributed by atoms with van der Waals surface area (Å²) in [6.45, 7) is -0.0868. The second-order valence-corrected chi connectivity index (χ2v) is 5.10. The van der Waals surface area contributed by atoms with Crippen LogP contribution in [0.4, 0.5) is 0 Å². The minimum atomic E-state index is -2.90. The second kappa shape index (κ2) is 3.40. The summed E-state index contributed by atoms with van der Waals surface area (Å²) in [5.41, 5.74) is 5.06. The van der Waals surface area contributed by atoms with Crippen molar-refractivity contribution >= 4 is 15.7 Å². The first-order chi connectivity index (χ1) is 5.53. The average molecular weight is 192 g/mol. The van der Waals surface area contributed by atoms with Crippen LogP contribution in [0, 0.1) is 0 Å². The van der Waals surface area contributed by atoms with Gasteiger partial charge in [0.25, 0.3) is 0 Å². The summed E-state index contributed by atoms with van der Waals surface area (Å²) in [5, 5.41) is 2.54. The maximum absolute atomic E-state index is 10.9. The largest absolute Gasteiger partial charge is 0.351 e. The third-order valence-electron chi connectivity index (χ3n) is 1.78. The highest BCUT2D eigenvalue weighted by atomic mass is 32.2. The molecule has 1 heterocycles. The Bertz CT molecular complexity index is 273. The van der Waals surface area contributed by atoms with Gasteiger partial charge in [-0.25, -0.2) is 8.42 Å². The first kappa shape index (κ1) is 9.47. The number of carbonyl (C=O) groups is 1. The summed E-state index contributed by atoms with van der Waals surface area (Å²) in [7, 11) is -2.90. The lowest BCUT2D eigenvalue weighted by Crippen LogP contribution is -2.39. The van der Waals surface area contributed by atoms with Gasteiger partial charge in [0, 0.05) is 6.04 Å². The first-order valence-corrected chi connectivity index (χ1v) is 5.55. The minimum absolute atomic E-state index is 0.0543. The van der Waals surface area contributed by atoms with Gasteiger partial charge in [-0.2, -0.15) is 0 Å². The number of hydrogen-bond donors (Lipinski definition) is 2. The molecule has 1 amide bonds. The number of sulfone groups is 1. The molecular formula is C6H12N2O3S. The number of rotatable bonds is 2. The maximum Gasteiger partial charge on any atom is 0.233 e. The fourth-order valence-electron chi connectivity index (χ4n) is 1.20. The Kier molecular flexibility index (Phi) is 2.69. The highest BCUT2D eigenvalue weighted by Crippen LogP contribution is 2.10. The highest BCUT2D eigenvalue weighted by molar-refractivity contribution is 7.91. The van der Waals surface area contributed by atoms with Crippen LogP contribution >= 0.6 is 0 Å². The number of hydrogen-bond acceptors (Lipinski definition) is 4. The fourth-order valence-corrected chi connectivity index (χ4v) is 2.87. The van der Waals surface area contributed by atoms with E-state index in [-0.39, 0.29) is 30.0 Å². The van der Waals surface area contributed by atoms with E-state index in [1.807, 2.05) is 0 Å². The standard InChI is InChI=1S/C6H12N2O3S/c7-3-6(9)8-5-1-2-12(10,11)4-5/h5H,1-4,7H2,(H,8,9)/t5-/m0/s1. The SMILES string of the molecule is NCC(=O)N[C@H]1CCS(=O)(=O)C1. The van der Waals surface area contributed by atoms with Gasteiger partial charge in [0.2, 0.25) is 5.91 Å². The Morgan fingerprint density at radius 1 is 1.58 bits per heavy atom. The molecule has 0 aromatic heterocycles. The van der Waals surface area contributed by atoms with E-state index in [1.165, 1.54) is 0 Å². The van der Waals surface area contributed by atoms with Gasteiger partial charge >= 0.3 is 0 Å². The van der Waals surface area contributed by atoms with Crippen molar-refractivity contribution in [1.82, 2.24) is 5.32 Å². The van der Waals surface area contributed by atoms with Gasteiger partial charge in [-0.15, -0.1) is 0 Å². The number of nitrogens with two attached hydrogens (primary N) is 1. The first-order valence-electron chi connectivity index (χ1n) is 3.73. The Labute approximate surface area is 71.2 Å². The number of nitrogens with one attached hydrogen (secondary N) is 1.